The molecule has 6 nitrogen and oxygen atoms in total. The van der Waals surface area contributed by atoms with E-state index in [1.54, 1.807) is 0 Å². The molecule has 1 aromatic heterocycles. The zero-order valence-electron chi connectivity index (χ0n) is 17.3. The standard InChI is InChI=1S/C21H32N6/c1-16-7-6-8-19(18(16)3)26-11-13-27(14-12-26)20-15-17(2)23-21(24-20)22-9-10-25(4)5/h6-8,15H,9-14H2,1-5H3,(H,22,23,24). The SMILES string of the molecule is Cc1cc(N2CCN(c3cccc(C)c3C)CC2)nc(NCCN(C)C)n1. The monoisotopic (exact) mass is 368 g/mol. The lowest BCUT2D eigenvalue weighted by molar-refractivity contribution is 0.425. The molecule has 0 bridgehead atoms. The Labute approximate surface area is 163 Å². The lowest BCUT2D eigenvalue weighted by Gasteiger charge is -2.37. The highest BCUT2D eigenvalue weighted by Crippen LogP contribution is 2.25. The first-order valence-electron chi connectivity index (χ1n) is 9.74. The van der Waals surface area contributed by atoms with E-state index in [4.69, 9.17) is 4.98 Å². The summed E-state index contributed by atoms with van der Waals surface area (Å²) in [5.74, 6) is 1.75. The lowest BCUT2D eigenvalue weighted by atomic mass is 10.1. The first-order valence-corrected chi connectivity index (χ1v) is 9.74. The van der Waals surface area contributed by atoms with E-state index in [2.05, 4.69) is 77.2 Å². The number of aryl methyl sites for hydroxylation is 2. The van der Waals surface area contributed by atoms with Crippen molar-refractivity contribution in [1.29, 1.82) is 0 Å². The van der Waals surface area contributed by atoms with Crippen LogP contribution in [-0.4, -0.2) is 68.2 Å². The molecule has 27 heavy (non-hydrogen) atoms. The summed E-state index contributed by atoms with van der Waals surface area (Å²) in [7, 11) is 4.14. The first kappa shape index (κ1) is 19.4. The molecule has 0 amide bonds. The van der Waals surface area contributed by atoms with Crippen LogP contribution in [0, 0.1) is 20.8 Å². The van der Waals surface area contributed by atoms with E-state index in [1.165, 1.54) is 16.8 Å². The van der Waals surface area contributed by atoms with Gasteiger partial charge in [-0.15, -0.1) is 0 Å². The van der Waals surface area contributed by atoms with E-state index in [1.807, 2.05) is 6.92 Å². The molecule has 2 heterocycles. The highest BCUT2D eigenvalue weighted by atomic mass is 15.3. The Hall–Kier alpha value is -2.34. The molecule has 6 heteroatoms. The van der Waals surface area contributed by atoms with Gasteiger partial charge in [0.15, 0.2) is 0 Å². The van der Waals surface area contributed by atoms with Gasteiger partial charge in [0.25, 0.3) is 0 Å². The average molecular weight is 369 g/mol. The van der Waals surface area contributed by atoms with Crippen LogP contribution in [0.4, 0.5) is 17.5 Å². The van der Waals surface area contributed by atoms with Crippen LogP contribution in [0.15, 0.2) is 24.3 Å². The molecule has 0 saturated carbocycles. The van der Waals surface area contributed by atoms with E-state index in [0.717, 1.165) is 56.7 Å². The quantitative estimate of drug-likeness (QED) is 0.846. The zero-order chi connectivity index (χ0) is 19.4. The van der Waals surface area contributed by atoms with Crippen LogP contribution in [0.1, 0.15) is 16.8 Å². The number of likely N-dealkylation sites (N-methyl/N-ethyl adjacent to an activating group) is 1. The largest absolute Gasteiger partial charge is 0.368 e. The summed E-state index contributed by atoms with van der Waals surface area (Å²) in [6.07, 6.45) is 0. The third-order valence-corrected chi connectivity index (χ3v) is 5.20. The Morgan fingerprint density at radius 2 is 1.70 bits per heavy atom. The Kier molecular flexibility index (Phi) is 6.16. The third kappa shape index (κ3) is 4.89. The number of hydrogen-bond acceptors (Lipinski definition) is 6. The molecule has 1 N–H and O–H groups in total. The van der Waals surface area contributed by atoms with Crippen molar-refractivity contribution >= 4 is 17.5 Å². The maximum Gasteiger partial charge on any atom is 0.224 e. The van der Waals surface area contributed by atoms with Crippen molar-refractivity contribution in [3.8, 4) is 0 Å². The summed E-state index contributed by atoms with van der Waals surface area (Å²) in [6, 6.07) is 8.66. The molecule has 146 valence electrons. The van der Waals surface area contributed by atoms with Gasteiger partial charge in [0.1, 0.15) is 5.82 Å². The second-order valence-electron chi connectivity index (χ2n) is 7.61. The Bertz CT molecular complexity index is 765. The van der Waals surface area contributed by atoms with E-state index in [9.17, 15) is 0 Å². The first-order chi connectivity index (χ1) is 12.9. The van der Waals surface area contributed by atoms with Crippen LogP contribution in [0.25, 0.3) is 0 Å². The van der Waals surface area contributed by atoms with E-state index >= 15 is 0 Å². The van der Waals surface area contributed by atoms with Crippen molar-refractivity contribution in [1.82, 2.24) is 14.9 Å². The molecule has 1 fully saturated rings. The van der Waals surface area contributed by atoms with E-state index in [0.29, 0.717) is 0 Å². The predicted molar refractivity (Wildman–Crippen MR) is 114 cm³/mol. The fourth-order valence-corrected chi connectivity index (χ4v) is 3.44. The normalized spacial score (nSPS) is 14.7. The molecule has 1 aliphatic heterocycles. The van der Waals surface area contributed by atoms with Gasteiger partial charge in [0, 0.05) is 56.7 Å². The minimum absolute atomic E-state index is 0.726. The second-order valence-corrected chi connectivity index (χ2v) is 7.61. The van der Waals surface area contributed by atoms with Crippen molar-refractivity contribution in [3.05, 3.63) is 41.1 Å². The number of nitrogens with one attached hydrogen (secondary N) is 1. The molecular weight excluding hydrogens is 336 g/mol. The van der Waals surface area contributed by atoms with Crippen LogP contribution >= 0.6 is 0 Å². The van der Waals surface area contributed by atoms with E-state index in [-0.39, 0.29) is 0 Å². The lowest BCUT2D eigenvalue weighted by Crippen LogP contribution is -2.47. The molecule has 1 aromatic carbocycles. The van der Waals surface area contributed by atoms with Crippen molar-refractivity contribution in [2.75, 3.05) is 68.5 Å². The molecule has 0 aliphatic carbocycles. The molecule has 3 rings (SSSR count). The van der Waals surface area contributed by atoms with Gasteiger partial charge in [-0.05, 0) is 52.1 Å². The molecule has 0 unspecified atom stereocenters. The van der Waals surface area contributed by atoms with Crippen LogP contribution < -0.4 is 15.1 Å². The van der Waals surface area contributed by atoms with Crippen LogP contribution in [0.2, 0.25) is 0 Å². The van der Waals surface area contributed by atoms with Gasteiger partial charge in [-0.3, -0.25) is 0 Å². The van der Waals surface area contributed by atoms with Crippen LogP contribution in [0.3, 0.4) is 0 Å². The summed E-state index contributed by atoms with van der Waals surface area (Å²) in [6.45, 7) is 12.2. The summed E-state index contributed by atoms with van der Waals surface area (Å²) in [5.41, 5.74) is 5.11. The minimum Gasteiger partial charge on any atom is -0.368 e. The van der Waals surface area contributed by atoms with Gasteiger partial charge < -0.3 is 20.0 Å². The molecule has 1 aliphatic rings. The third-order valence-electron chi connectivity index (χ3n) is 5.20. The van der Waals surface area contributed by atoms with Crippen molar-refractivity contribution in [3.63, 3.8) is 0 Å². The molecule has 0 radical (unpaired) electrons. The smallest absolute Gasteiger partial charge is 0.224 e. The Morgan fingerprint density at radius 3 is 2.41 bits per heavy atom. The predicted octanol–water partition coefficient (Wildman–Crippen LogP) is 2.70. The maximum atomic E-state index is 4.75. The fraction of sp³-hybridized carbons (Fsp3) is 0.524. The summed E-state index contributed by atoms with van der Waals surface area (Å²) in [5, 5.41) is 3.34. The summed E-state index contributed by atoms with van der Waals surface area (Å²) in [4.78, 5) is 16.3. The number of anilines is 3. The fourth-order valence-electron chi connectivity index (χ4n) is 3.44. The van der Waals surface area contributed by atoms with Gasteiger partial charge in [0.2, 0.25) is 5.95 Å². The zero-order valence-corrected chi connectivity index (χ0v) is 17.3. The van der Waals surface area contributed by atoms with Crippen LogP contribution in [0.5, 0.6) is 0 Å². The maximum absolute atomic E-state index is 4.75. The highest BCUT2D eigenvalue weighted by Gasteiger charge is 2.20. The molecule has 0 atom stereocenters. The Balaban J connectivity index is 1.65. The molecule has 2 aromatic rings. The van der Waals surface area contributed by atoms with Gasteiger partial charge in [-0.25, -0.2) is 4.98 Å². The minimum atomic E-state index is 0.726. The Morgan fingerprint density at radius 1 is 1.00 bits per heavy atom. The van der Waals surface area contributed by atoms with Crippen LogP contribution in [-0.2, 0) is 0 Å². The number of rotatable bonds is 6. The van der Waals surface area contributed by atoms with Gasteiger partial charge in [0.05, 0.1) is 0 Å². The van der Waals surface area contributed by atoms with Crippen molar-refractivity contribution in [2.45, 2.75) is 20.8 Å². The number of benzene rings is 1. The van der Waals surface area contributed by atoms with E-state index < -0.39 is 0 Å². The number of aromatic nitrogens is 2. The second kappa shape index (κ2) is 8.57. The number of hydrogen-bond donors (Lipinski definition) is 1. The van der Waals surface area contributed by atoms with Gasteiger partial charge >= 0.3 is 0 Å². The molecular formula is C21H32N6. The van der Waals surface area contributed by atoms with Crippen molar-refractivity contribution < 1.29 is 0 Å². The molecule has 0 spiro atoms. The number of piperazine rings is 1. The highest BCUT2D eigenvalue weighted by molar-refractivity contribution is 5.57. The van der Waals surface area contributed by atoms with Gasteiger partial charge in [-0.1, -0.05) is 12.1 Å². The van der Waals surface area contributed by atoms with Crippen molar-refractivity contribution in [2.24, 2.45) is 0 Å². The topological polar surface area (TPSA) is 47.5 Å². The summed E-state index contributed by atoms with van der Waals surface area (Å²) < 4.78 is 0. The average Bonchev–Trinajstić information content (AvgIpc) is 2.63. The molecule has 1 saturated heterocycles. The number of nitrogens with zero attached hydrogens (tertiary/aromatic N) is 5. The summed E-state index contributed by atoms with van der Waals surface area (Å²) >= 11 is 0. The van der Waals surface area contributed by atoms with Gasteiger partial charge in [-0.2, -0.15) is 4.98 Å².